The Hall–Kier alpha value is -3.34. The Morgan fingerprint density at radius 1 is 1.04 bits per heavy atom. The van der Waals surface area contributed by atoms with Crippen LogP contribution in [-0.4, -0.2) is 11.9 Å². The lowest BCUT2D eigenvalue weighted by atomic mass is 10.1. The van der Waals surface area contributed by atoms with E-state index in [4.69, 9.17) is 9.15 Å². The van der Waals surface area contributed by atoms with Gasteiger partial charge in [-0.1, -0.05) is 54.6 Å². The molecule has 0 bridgehead atoms. The zero-order valence-corrected chi connectivity index (χ0v) is 14.7. The molecular formula is C22H19NO4. The molecule has 0 fully saturated rings. The Morgan fingerprint density at radius 3 is 2.37 bits per heavy atom. The predicted molar refractivity (Wildman–Crippen MR) is 101 cm³/mol. The van der Waals surface area contributed by atoms with E-state index < -0.39 is 0 Å². The number of ether oxygens (including phenoxy) is 1. The highest BCUT2D eigenvalue weighted by molar-refractivity contribution is 5.91. The molecule has 5 nitrogen and oxygen atoms in total. The van der Waals surface area contributed by atoms with Crippen molar-refractivity contribution in [2.75, 3.05) is 0 Å². The van der Waals surface area contributed by atoms with Gasteiger partial charge in [-0.15, -0.1) is 0 Å². The molecule has 0 aliphatic heterocycles. The van der Waals surface area contributed by atoms with E-state index in [1.807, 2.05) is 42.5 Å². The van der Waals surface area contributed by atoms with Crippen LogP contribution in [0, 0.1) is 0 Å². The summed E-state index contributed by atoms with van der Waals surface area (Å²) in [6.07, 6.45) is 2.76. The largest absolute Gasteiger partial charge is 0.482 e. The normalized spacial score (nSPS) is 13.2. The minimum absolute atomic E-state index is 0.00853. The average molecular weight is 361 g/mol. The number of hydrogen-bond donors (Lipinski definition) is 1. The lowest BCUT2D eigenvalue weighted by molar-refractivity contribution is 0.0907. The van der Waals surface area contributed by atoms with Crippen LogP contribution in [0.5, 0.6) is 5.75 Å². The van der Waals surface area contributed by atoms with Crippen LogP contribution >= 0.6 is 0 Å². The van der Waals surface area contributed by atoms with Crippen LogP contribution in [0.1, 0.15) is 27.2 Å². The van der Waals surface area contributed by atoms with Crippen LogP contribution in [0.3, 0.4) is 0 Å². The molecular weight excluding hydrogens is 342 g/mol. The first-order valence-electron chi connectivity index (χ1n) is 8.86. The first-order valence-corrected chi connectivity index (χ1v) is 8.86. The monoisotopic (exact) mass is 361 g/mol. The van der Waals surface area contributed by atoms with Crippen molar-refractivity contribution >= 4 is 5.91 Å². The van der Waals surface area contributed by atoms with E-state index in [2.05, 4.69) is 17.4 Å². The van der Waals surface area contributed by atoms with E-state index in [1.54, 1.807) is 0 Å². The summed E-state index contributed by atoms with van der Waals surface area (Å²) in [5, 5.41) is 2.93. The molecule has 1 amide bonds. The minimum atomic E-state index is -0.389. The van der Waals surface area contributed by atoms with Crippen molar-refractivity contribution in [3.63, 3.8) is 0 Å². The maximum Gasteiger partial charge on any atom is 0.287 e. The first kappa shape index (κ1) is 17.1. The third-order valence-electron chi connectivity index (χ3n) is 4.65. The van der Waals surface area contributed by atoms with Gasteiger partial charge in [-0.3, -0.25) is 9.59 Å². The molecule has 0 spiro atoms. The van der Waals surface area contributed by atoms with Gasteiger partial charge in [0.05, 0.1) is 0 Å². The van der Waals surface area contributed by atoms with Crippen molar-refractivity contribution in [3.05, 3.63) is 99.6 Å². The summed E-state index contributed by atoms with van der Waals surface area (Å²) in [4.78, 5) is 24.6. The van der Waals surface area contributed by atoms with Gasteiger partial charge in [0, 0.05) is 12.1 Å². The summed E-state index contributed by atoms with van der Waals surface area (Å²) in [5.41, 5.74) is 3.05. The van der Waals surface area contributed by atoms with E-state index >= 15 is 0 Å². The molecule has 136 valence electrons. The van der Waals surface area contributed by atoms with Gasteiger partial charge in [-0.05, 0) is 29.5 Å². The molecule has 5 heteroatoms. The fourth-order valence-corrected chi connectivity index (χ4v) is 3.28. The van der Waals surface area contributed by atoms with Gasteiger partial charge in [-0.2, -0.15) is 0 Å². The molecule has 4 rings (SSSR count). The molecule has 1 heterocycles. The van der Waals surface area contributed by atoms with Crippen LogP contribution in [0.25, 0.3) is 0 Å². The van der Waals surface area contributed by atoms with Gasteiger partial charge in [0.15, 0.2) is 5.76 Å². The van der Waals surface area contributed by atoms with Crippen LogP contribution in [0.2, 0.25) is 0 Å². The molecule has 2 aromatic carbocycles. The third kappa shape index (κ3) is 3.92. The fourth-order valence-electron chi connectivity index (χ4n) is 3.28. The number of nitrogens with one attached hydrogen (secondary N) is 1. The van der Waals surface area contributed by atoms with Crippen molar-refractivity contribution in [1.29, 1.82) is 0 Å². The van der Waals surface area contributed by atoms with Gasteiger partial charge >= 0.3 is 0 Å². The second kappa shape index (κ2) is 7.50. The summed E-state index contributed by atoms with van der Waals surface area (Å²) in [7, 11) is 0. The molecule has 0 atom stereocenters. The predicted octanol–water partition coefficient (Wildman–Crippen LogP) is 3.12. The number of hydrogen-bond acceptors (Lipinski definition) is 4. The molecule has 1 N–H and O–H groups in total. The highest BCUT2D eigenvalue weighted by atomic mass is 16.5. The van der Waals surface area contributed by atoms with Crippen molar-refractivity contribution < 1.29 is 13.9 Å². The Labute approximate surface area is 156 Å². The summed E-state index contributed by atoms with van der Waals surface area (Å²) in [6.45, 7) is 0.261. The number of rotatable bonds is 5. The van der Waals surface area contributed by atoms with Crippen molar-refractivity contribution in [2.45, 2.75) is 25.5 Å². The van der Waals surface area contributed by atoms with Gasteiger partial charge in [-0.25, -0.2) is 0 Å². The molecule has 1 aromatic heterocycles. The van der Waals surface area contributed by atoms with Gasteiger partial charge in [0.2, 0.25) is 11.2 Å². The molecule has 1 aliphatic carbocycles. The lowest BCUT2D eigenvalue weighted by Gasteiger charge is -2.11. The SMILES string of the molecule is O=C(NC1Cc2ccccc2C1)c1cc(=O)c(OCc2ccccc2)co1. The number of amides is 1. The molecule has 0 radical (unpaired) electrons. The maximum absolute atomic E-state index is 12.4. The molecule has 0 saturated heterocycles. The number of benzene rings is 2. The summed E-state index contributed by atoms with van der Waals surface area (Å²) in [6, 6.07) is 18.8. The smallest absolute Gasteiger partial charge is 0.287 e. The topological polar surface area (TPSA) is 68.5 Å². The first-order chi connectivity index (χ1) is 13.2. The van der Waals surface area contributed by atoms with Crippen molar-refractivity contribution in [1.82, 2.24) is 5.32 Å². The Morgan fingerprint density at radius 2 is 1.70 bits per heavy atom. The zero-order valence-electron chi connectivity index (χ0n) is 14.7. The zero-order chi connectivity index (χ0) is 18.6. The van der Waals surface area contributed by atoms with Crippen LogP contribution in [0.15, 0.2) is 76.1 Å². The highest BCUT2D eigenvalue weighted by Crippen LogP contribution is 2.22. The Bertz CT molecular complexity index is 985. The van der Waals surface area contributed by atoms with Gasteiger partial charge < -0.3 is 14.5 Å². The van der Waals surface area contributed by atoms with Crippen LogP contribution < -0.4 is 15.5 Å². The number of carbonyl (C=O) groups excluding carboxylic acids is 1. The van der Waals surface area contributed by atoms with E-state index in [-0.39, 0.29) is 35.5 Å². The fraction of sp³-hybridized carbons (Fsp3) is 0.182. The van der Waals surface area contributed by atoms with E-state index in [9.17, 15) is 9.59 Å². The van der Waals surface area contributed by atoms with E-state index in [0.29, 0.717) is 0 Å². The standard InChI is InChI=1S/C22H19NO4/c24-19-12-20(27-14-21(19)26-13-15-6-2-1-3-7-15)22(25)23-18-10-16-8-4-5-9-17(16)11-18/h1-9,12,14,18H,10-11,13H2,(H,23,25). The Balaban J connectivity index is 1.39. The average Bonchev–Trinajstić information content (AvgIpc) is 3.10. The summed E-state index contributed by atoms with van der Waals surface area (Å²) >= 11 is 0. The summed E-state index contributed by atoms with van der Waals surface area (Å²) < 4.78 is 10.8. The number of fused-ring (bicyclic) bond motifs is 1. The minimum Gasteiger partial charge on any atom is -0.482 e. The Kier molecular flexibility index (Phi) is 4.75. The highest BCUT2D eigenvalue weighted by Gasteiger charge is 2.24. The van der Waals surface area contributed by atoms with Crippen LogP contribution in [0.4, 0.5) is 0 Å². The molecule has 1 aliphatic rings. The second-order valence-electron chi connectivity index (χ2n) is 6.59. The van der Waals surface area contributed by atoms with Crippen molar-refractivity contribution in [3.8, 4) is 5.75 Å². The maximum atomic E-state index is 12.4. The second-order valence-corrected chi connectivity index (χ2v) is 6.59. The van der Waals surface area contributed by atoms with Crippen molar-refractivity contribution in [2.24, 2.45) is 0 Å². The molecule has 0 saturated carbocycles. The molecule has 3 aromatic rings. The third-order valence-corrected chi connectivity index (χ3v) is 4.65. The molecule has 27 heavy (non-hydrogen) atoms. The molecule has 0 unspecified atom stereocenters. The number of carbonyl (C=O) groups is 1. The van der Waals surface area contributed by atoms with Gasteiger partial charge in [0.25, 0.3) is 5.91 Å². The van der Waals surface area contributed by atoms with E-state index in [1.165, 1.54) is 23.5 Å². The van der Waals surface area contributed by atoms with Crippen LogP contribution in [-0.2, 0) is 19.4 Å². The van der Waals surface area contributed by atoms with E-state index in [0.717, 1.165) is 18.4 Å². The quantitative estimate of drug-likeness (QED) is 0.758. The van der Waals surface area contributed by atoms with Gasteiger partial charge in [0.1, 0.15) is 12.9 Å². The summed E-state index contributed by atoms with van der Waals surface area (Å²) in [5.74, 6) is -0.314. The lowest BCUT2D eigenvalue weighted by Crippen LogP contribution is -2.35.